The molecule has 2 heteroatoms. The van der Waals surface area contributed by atoms with Crippen molar-refractivity contribution >= 4 is 5.91 Å². The highest BCUT2D eigenvalue weighted by Gasteiger charge is 2.13. The largest absolute Gasteiger partial charge is 0.349 e. The van der Waals surface area contributed by atoms with Crippen LogP contribution in [0.4, 0.5) is 0 Å². The molecule has 2 aromatic rings. The van der Waals surface area contributed by atoms with Gasteiger partial charge < -0.3 is 5.32 Å². The SMILES string of the molecule is CC[C@H](NC(=O)Cc1cc(C)ccc1C)c1ccccc1. The van der Waals surface area contributed by atoms with Gasteiger partial charge in [-0.05, 0) is 37.0 Å². The second kappa shape index (κ2) is 7.07. The van der Waals surface area contributed by atoms with E-state index in [1.807, 2.05) is 18.2 Å². The minimum atomic E-state index is 0.0828. The number of carbonyl (C=O) groups is 1. The Morgan fingerprint density at radius 2 is 1.81 bits per heavy atom. The van der Waals surface area contributed by atoms with Gasteiger partial charge >= 0.3 is 0 Å². The first kappa shape index (κ1) is 15.3. The molecule has 0 aliphatic rings. The second-order valence-electron chi connectivity index (χ2n) is 5.55. The summed E-state index contributed by atoms with van der Waals surface area (Å²) in [5.41, 5.74) is 4.63. The molecule has 110 valence electrons. The molecule has 0 saturated heterocycles. The van der Waals surface area contributed by atoms with Gasteiger partial charge in [0.15, 0.2) is 0 Å². The Hall–Kier alpha value is -2.09. The zero-order chi connectivity index (χ0) is 15.2. The molecule has 0 fully saturated rings. The summed E-state index contributed by atoms with van der Waals surface area (Å²) in [7, 11) is 0. The van der Waals surface area contributed by atoms with Crippen LogP contribution in [-0.4, -0.2) is 5.91 Å². The van der Waals surface area contributed by atoms with E-state index in [0.717, 1.165) is 17.5 Å². The van der Waals surface area contributed by atoms with Gasteiger partial charge in [0.2, 0.25) is 5.91 Å². The molecule has 0 aromatic heterocycles. The van der Waals surface area contributed by atoms with E-state index >= 15 is 0 Å². The van der Waals surface area contributed by atoms with E-state index in [4.69, 9.17) is 0 Å². The minimum Gasteiger partial charge on any atom is -0.349 e. The van der Waals surface area contributed by atoms with Gasteiger partial charge in [-0.1, -0.05) is 61.0 Å². The highest BCUT2D eigenvalue weighted by Crippen LogP contribution is 2.17. The number of hydrogen-bond donors (Lipinski definition) is 1. The van der Waals surface area contributed by atoms with Crippen LogP contribution in [0.25, 0.3) is 0 Å². The standard InChI is InChI=1S/C19H23NO/c1-4-18(16-8-6-5-7-9-16)20-19(21)13-17-12-14(2)10-11-15(17)3/h5-12,18H,4,13H2,1-3H3,(H,20,21)/t18-/m0/s1. The first-order chi connectivity index (χ1) is 10.1. The number of hydrogen-bond acceptors (Lipinski definition) is 1. The predicted molar refractivity (Wildman–Crippen MR) is 87.2 cm³/mol. The molecular weight excluding hydrogens is 258 g/mol. The third kappa shape index (κ3) is 4.19. The second-order valence-corrected chi connectivity index (χ2v) is 5.55. The molecule has 0 heterocycles. The Morgan fingerprint density at radius 3 is 2.48 bits per heavy atom. The molecule has 2 nitrogen and oxygen atoms in total. The van der Waals surface area contributed by atoms with E-state index in [1.54, 1.807) is 0 Å². The molecule has 0 saturated carbocycles. The van der Waals surface area contributed by atoms with Crippen LogP contribution in [0.3, 0.4) is 0 Å². The van der Waals surface area contributed by atoms with Gasteiger partial charge in [0.05, 0.1) is 12.5 Å². The summed E-state index contributed by atoms with van der Waals surface area (Å²) in [5, 5.41) is 3.14. The zero-order valence-corrected chi connectivity index (χ0v) is 13.0. The van der Waals surface area contributed by atoms with Crippen LogP contribution in [0, 0.1) is 13.8 Å². The van der Waals surface area contributed by atoms with Crippen molar-refractivity contribution in [3.63, 3.8) is 0 Å². The molecule has 21 heavy (non-hydrogen) atoms. The van der Waals surface area contributed by atoms with Crippen molar-refractivity contribution < 1.29 is 4.79 Å². The molecule has 0 radical (unpaired) electrons. The summed E-state index contributed by atoms with van der Waals surface area (Å²) in [4.78, 5) is 12.3. The molecule has 0 bridgehead atoms. The van der Waals surface area contributed by atoms with Crippen molar-refractivity contribution in [1.82, 2.24) is 5.32 Å². The molecule has 2 rings (SSSR count). The summed E-state index contributed by atoms with van der Waals surface area (Å²) in [5.74, 6) is 0.0828. The Balaban J connectivity index is 2.05. The molecule has 1 amide bonds. The van der Waals surface area contributed by atoms with Gasteiger partial charge in [0.25, 0.3) is 0 Å². The fourth-order valence-electron chi connectivity index (χ4n) is 2.52. The lowest BCUT2D eigenvalue weighted by Crippen LogP contribution is -2.29. The van der Waals surface area contributed by atoms with E-state index in [9.17, 15) is 4.79 Å². The summed E-state index contributed by atoms with van der Waals surface area (Å²) < 4.78 is 0. The third-order valence-electron chi connectivity index (χ3n) is 3.80. The van der Waals surface area contributed by atoms with E-state index in [-0.39, 0.29) is 11.9 Å². The highest BCUT2D eigenvalue weighted by atomic mass is 16.1. The minimum absolute atomic E-state index is 0.0828. The molecule has 0 aliphatic carbocycles. The number of rotatable bonds is 5. The van der Waals surface area contributed by atoms with E-state index in [0.29, 0.717) is 6.42 Å². The van der Waals surface area contributed by atoms with Gasteiger partial charge in [-0.3, -0.25) is 4.79 Å². The van der Waals surface area contributed by atoms with E-state index in [2.05, 4.69) is 56.4 Å². The summed E-state index contributed by atoms with van der Waals surface area (Å²) in [6, 6.07) is 16.5. The molecular formula is C19H23NO. The summed E-state index contributed by atoms with van der Waals surface area (Å²) in [6.07, 6.45) is 1.33. The predicted octanol–water partition coefficient (Wildman–Crippen LogP) is 4.11. The van der Waals surface area contributed by atoms with Gasteiger partial charge in [-0.2, -0.15) is 0 Å². The van der Waals surface area contributed by atoms with Crippen molar-refractivity contribution in [2.75, 3.05) is 0 Å². The van der Waals surface area contributed by atoms with Crippen LogP contribution in [0.15, 0.2) is 48.5 Å². The third-order valence-corrected chi connectivity index (χ3v) is 3.80. The van der Waals surface area contributed by atoms with Crippen LogP contribution in [0.2, 0.25) is 0 Å². The van der Waals surface area contributed by atoms with Crippen LogP contribution < -0.4 is 5.32 Å². The van der Waals surface area contributed by atoms with Crippen LogP contribution in [0.5, 0.6) is 0 Å². The average Bonchev–Trinajstić information content (AvgIpc) is 2.49. The lowest BCUT2D eigenvalue weighted by Gasteiger charge is -2.18. The van der Waals surface area contributed by atoms with Crippen molar-refractivity contribution in [2.24, 2.45) is 0 Å². The fourth-order valence-corrected chi connectivity index (χ4v) is 2.52. The Bertz CT molecular complexity index is 604. The van der Waals surface area contributed by atoms with Crippen molar-refractivity contribution in [2.45, 2.75) is 39.7 Å². The number of carbonyl (C=O) groups excluding carboxylic acids is 1. The highest BCUT2D eigenvalue weighted by molar-refractivity contribution is 5.79. The van der Waals surface area contributed by atoms with Crippen LogP contribution in [-0.2, 0) is 11.2 Å². The van der Waals surface area contributed by atoms with E-state index in [1.165, 1.54) is 11.1 Å². The summed E-state index contributed by atoms with van der Waals surface area (Å²) >= 11 is 0. The quantitative estimate of drug-likeness (QED) is 0.878. The number of amides is 1. The van der Waals surface area contributed by atoms with Crippen LogP contribution >= 0.6 is 0 Å². The molecule has 0 spiro atoms. The average molecular weight is 281 g/mol. The maximum absolute atomic E-state index is 12.3. The maximum atomic E-state index is 12.3. The normalized spacial score (nSPS) is 12.0. The number of nitrogens with one attached hydrogen (secondary N) is 1. The molecule has 1 N–H and O–H groups in total. The fraction of sp³-hybridized carbons (Fsp3) is 0.316. The maximum Gasteiger partial charge on any atom is 0.224 e. The first-order valence-corrected chi connectivity index (χ1v) is 7.50. The lowest BCUT2D eigenvalue weighted by molar-refractivity contribution is -0.121. The molecule has 1 atom stereocenters. The van der Waals surface area contributed by atoms with Crippen molar-refractivity contribution in [1.29, 1.82) is 0 Å². The Kier molecular flexibility index (Phi) is 5.15. The Morgan fingerprint density at radius 1 is 1.10 bits per heavy atom. The summed E-state index contributed by atoms with van der Waals surface area (Å²) in [6.45, 7) is 6.20. The first-order valence-electron chi connectivity index (χ1n) is 7.50. The monoisotopic (exact) mass is 281 g/mol. The van der Waals surface area contributed by atoms with Gasteiger partial charge in [-0.15, -0.1) is 0 Å². The lowest BCUT2D eigenvalue weighted by atomic mass is 10.0. The Labute approximate surface area is 127 Å². The van der Waals surface area contributed by atoms with Crippen molar-refractivity contribution in [3.05, 3.63) is 70.8 Å². The molecule has 0 unspecified atom stereocenters. The van der Waals surface area contributed by atoms with Gasteiger partial charge in [0.1, 0.15) is 0 Å². The smallest absolute Gasteiger partial charge is 0.224 e. The topological polar surface area (TPSA) is 29.1 Å². The molecule has 2 aromatic carbocycles. The van der Waals surface area contributed by atoms with Gasteiger partial charge in [0, 0.05) is 0 Å². The van der Waals surface area contributed by atoms with E-state index < -0.39 is 0 Å². The van der Waals surface area contributed by atoms with Gasteiger partial charge in [-0.25, -0.2) is 0 Å². The zero-order valence-electron chi connectivity index (χ0n) is 13.0. The molecule has 0 aliphatic heterocycles. The van der Waals surface area contributed by atoms with Crippen LogP contribution in [0.1, 0.15) is 41.6 Å². The number of benzene rings is 2. The number of aryl methyl sites for hydroxylation is 2. The van der Waals surface area contributed by atoms with Crippen molar-refractivity contribution in [3.8, 4) is 0 Å².